The van der Waals surface area contributed by atoms with Crippen LogP contribution in [0.4, 0.5) is 4.79 Å². The van der Waals surface area contributed by atoms with Crippen LogP contribution in [-0.4, -0.2) is 36.2 Å². The Kier molecular flexibility index (Phi) is 9.01. The summed E-state index contributed by atoms with van der Waals surface area (Å²) in [5, 5.41) is 2.81. The number of amides is 1. The Morgan fingerprint density at radius 3 is 2.00 bits per heavy atom. The second kappa shape index (κ2) is 12.5. The van der Waals surface area contributed by atoms with Gasteiger partial charge in [-0.1, -0.05) is 60.7 Å². The van der Waals surface area contributed by atoms with Crippen LogP contribution in [0.25, 0.3) is 0 Å². The number of hydrogen-bond acceptors (Lipinski definition) is 6. The predicted molar refractivity (Wildman–Crippen MR) is 154 cm³/mol. The molecule has 0 aromatic heterocycles. The highest BCUT2D eigenvalue weighted by molar-refractivity contribution is 7.59. The maximum atomic E-state index is 15.0. The van der Waals surface area contributed by atoms with Gasteiger partial charge in [0, 0.05) is 6.16 Å². The maximum Gasteiger partial charge on any atom is 0.408 e. The molecule has 4 bridgehead atoms. The lowest BCUT2D eigenvalue weighted by molar-refractivity contribution is -0.147. The molecule has 1 N–H and O–H groups in total. The number of benzene rings is 2. The van der Waals surface area contributed by atoms with Crippen LogP contribution in [0.15, 0.2) is 60.7 Å². The van der Waals surface area contributed by atoms with Gasteiger partial charge < -0.3 is 19.3 Å². The van der Waals surface area contributed by atoms with Crippen molar-refractivity contribution < 1.29 is 28.2 Å². The van der Waals surface area contributed by atoms with Crippen molar-refractivity contribution >= 4 is 19.4 Å². The first-order valence-corrected chi connectivity index (χ1v) is 16.6. The fraction of sp³-hybridized carbons (Fsp3) is 0.562. The molecule has 4 fully saturated rings. The fourth-order valence-electron chi connectivity index (χ4n) is 7.47. The lowest BCUT2D eigenvalue weighted by Crippen LogP contribution is -2.52. The summed E-state index contributed by atoms with van der Waals surface area (Å²) in [5.74, 6) is -0.0698. The number of hydrogen-bond donors (Lipinski definition) is 1. The molecule has 2 aromatic rings. The Morgan fingerprint density at radius 2 is 1.45 bits per heavy atom. The molecule has 216 valence electrons. The Labute approximate surface area is 237 Å². The quantitative estimate of drug-likeness (QED) is 0.221. The van der Waals surface area contributed by atoms with Gasteiger partial charge in [0.25, 0.3) is 0 Å². The summed E-state index contributed by atoms with van der Waals surface area (Å²) in [7, 11) is -3.59. The van der Waals surface area contributed by atoms with E-state index in [0.717, 1.165) is 30.4 Å². The number of ether oxygens (including phenoxy) is 2. The van der Waals surface area contributed by atoms with Crippen LogP contribution in [0.2, 0.25) is 0 Å². The molecule has 6 rings (SSSR count). The lowest BCUT2D eigenvalue weighted by atomic mass is 9.54. The highest BCUT2D eigenvalue weighted by Gasteiger charge is 2.55. The molecule has 0 aliphatic heterocycles. The summed E-state index contributed by atoms with van der Waals surface area (Å²) in [6.07, 6.45) is 6.12. The summed E-state index contributed by atoms with van der Waals surface area (Å²) in [6.45, 7) is 3.84. The molecule has 3 unspecified atom stereocenters. The molecule has 4 saturated carbocycles. The molecular formula is C32H42NO6P. The molecule has 0 saturated heterocycles. The average molecular weight is 568 g/mol. The number of carbonyl (C=O) groups excluding carboxylic acids is 2. The predicted octanol–water partition coefficient (Wildman–Crippen LogP) is 6.94. The third-order valence-electron chi connectivity index (χ3n) is 8.88. The largest absolute Gasteiger partial charge is 0.466 e. The summed E-state index contributed by atoms with van der Waals surface area (Å²) in [4.78, 5) is 26.0. The van der Waals surface area contributed by atoms with E-state index in [1.807, 2.05) is 60.7 Å². The third-order valence-corrected chi connectivity index (χ3v) is 11.8. The fourth-order valence-corrected chi connectivity index (χ4v) is 10.1. The number of esters is 1. The second-order valence-electron chi connectivity index (χ2n) is 12.1. The van der Waals surface area contributed by atoms with Crippen LogP contribution in [0, 0.1) is 23.7 Å². The summed E-state index contributed by atoms with van der Waals surface area (Å²) in [5.41, 5.74) is 1.37. The van der Waals surface area contributed by atoms with Crippen molar-refractivity contribution in [2.75, 3.05) is 12.8 Å². The van der Waals surface area contributed by atoms with Crippen molar-refractivity contribution in [3.05, 3.63) is 71.8 Å². The van der Waals surface area contributed by atoms with E-state index in [4.69, 9.17) is 14.0 Å². The van der Waals surface area contributed by atoms with Gasteiger partial charge >= 0.3 is 12.1 Å². The molecule has 40 heavy (non-hydrogen) atoms. The van der Waals surface area contributed by atoms with Gasteiger partial charge in [0.15, 0.2) is 0 Å². The smallest absolute Gasteiger partial charge is 0.408 e. The van der Waals surface area contributed by atoms with Crippen molar-refractivity contribution in [2.24, 2.45) is 23.7 Å². The van der Waals surface area contributed by atoms with Crippen molar-refractivity contribution in [1.29, 1.82) is 0 Å². The van der Waals surface area contributed by atoms with Crippen LogP contribution < -0.4 is 5.32 Å². The molecule has 3 atom stereocenters. The van der Waals surface area contributed by atoms with Crippen LogP contribution in [0.3, 0.4) is 0 Å². The average Bonchev–Trinajstić information content (AvgIpc) is 2.92. The molecule has 4 aliphatic carbocycles. The van der Waals surface area contributed by atoms with E-state index in [-0.39, 0.29) is 25.3 Å². The SMILES string of the molecule is CCOC(=O)C(Cc1ccccc1)CP(=O)(OC12CC3CC(CC(C3)C1)C2)C(C)NC(=O)OCc1ccccc1. The van der Waals surface area contributed by atoms with Crippen molar-refractivity contribution in [1.82, 2.24) is 5.32 Å². The number of carbonyl (C=O) groups is 2. The minimum Gasteiger partial charge on any atom is -0.466 e. The summed E-state index contributed by atoms with van der Waals surface area (Å²) in [6, 6.07) is 19.1. The van der Waals surface area contributed by atoms with Crippen molar-refractivity contribution in [3.8, 4) is 0 Å². The molecule has 1 amide bonds. The zero-order valence-electron chi connectivity index (χ0n) is 23.6. The van der Waals surface area contributed by atoms with Crippen molar-refractivity contribution in [3.63, 3.8) is 0 Å². The zero-order valence-corrected chi connectivity index (χ0v) is 24.5. The van der Waals surface area contributed by atoms with Gasteiger partial charge in [0.2, 0.25) is 7.37 Å². The highest BCUT2D eigenvalue weighted by atomic mass is 31.2. The second-order valence-corrected chi connectivity index (χ2v) is 14.9. The zero-order chi connectivity index (χ0) is 28.2. The van der Waals surface area contributed by atoms with E-state index >= 15 is 4.57 Å². The van der Waals surface area contributed by atoms with Crippen LogP contribution >= 0.6 is 7.37 Å². The third kappa shape index (κ3) is 6.98. The minimum atomic E-state index is -3.59. The van der Waals surface area contributed by atoms with Gasteiger partial charge in [-0.05, 0) is 87.7 Å². The number of nitrogens with one attached hydrogen (secondary N) is 1. The van der Waals surface area contributed by atoms with Gasteiger partial charge in [0.1, 0.15) is 12.4 Å². The van der Waals surface area contributed by atoms with E-state index < -0.39 is 30.8 Å². The summed E-state index contributed by atoms with van der Waals surface area (Å²) < 4.78 is 32.7. The molecule has 2 aromatic carbocycles. The van der Waals surface area contributed by atoms with E-state index in [1.165, 1.54) is 19.3 Å². The van der Waals surface area contributed by atoms with Crippen LogP contribution in [0.1, 0.15) is 63.5 Å². The van der Waals surface area contributed by atoms with Crippen LogP contribution in [0.5, 0.6) is 0 Å². The maximum absolute atomic E-state index is 15.0. The number of alkyl carbamates (subject to hydrolysis) is 1. The topological polar surface area (TPSA) is 90.9 Å². The van der Waals surface area contributed by atoms with Gasteiger partial charge in [-0.15, -0.1) is 0 Å². The first-order chi connectivity index (χ1) is 19.3. The molecule has 0 radical (unpaired) electrons. The Hall–Kier alpha value is -2.63. The molecule has 8 heteroatoms. The summed E-state index contributed by atoms with van der Waals surface area (Å²) >= 11 is 0. The first kappa shape index (κ1) is 28.9. The Balaban J connectivity index is 1.37. The Morgan fingerprint density at radius 1 is 0.900 bits per heavy atom. The Bertz CT molecular complexity index is 1170. The number of rotatable bonds is 12. The minimum absolute atomic E-state index is 0.00259. The first-order valence-electron chi connectivity index (χ1n) is 14.7. The molecule has 7 nitrogen and oxygen atoms in total. The standard InChI is InChI=1S/C32H42NO6P/c1-3-37-30(34)29(17-24-10-6-4-7-11-24)22-40(36,23(2)33-31(35)38-21-25-12-8-5-9-13-25)39-32-18-26-14-27(19-32)16-28(15-26)20-32/h4-13,23,26-29H,3,14-22H2,1-2H3,(H,33,35). The monoisotopic (exact) mass is 567 g/mol. The molecule has 0 heterocycles. The van der Waals surface area contributed by atoms with Gasteiger partial charge in [-0.3, -0.25) is 9.36 Å². The van der Waals surface area contributed by atoms with E-state index in [1.54, 1.807) is 13.8 Å². The molecular weight excluding hydrogens is 525 g/mol. The van der Waals surface area contributed by atoms with Crippen LogP contribution in [-0.2, 0) is 36.4 Å². The lowest BCUT2D eigenvalue weighted by Gasteiger charge is -2.57. The normalized spacial score (nSPS) is 27.8. The van der Waals surface area contributed by atoms with E-state index in [0.29, 0.717) is 24.2 Å². The van der Waals surface area contributed by atoms with E-state index in [2.05, 4.69) is 5.32 Å². The molecule has 0 spiro atoms. The molecule has 4 aliphatic rings. The highest BCUT2D eigenvalue weighted by Crippen LogP contribution is 2.64. The van der Waals surface area contributed by atoms with Crippen molar-refractivity contribution in [2.45, 2.75) is 76.8 Å². The van der Waals surface area contributed by atoms with E-state index in [9.17, 15) is 9.59 Å². The van der Waals surface area contributed by atoms with Gasteiger partial charge in [0.05, 0.1) is 18.1 Å². The van der Waals surface area contributed by atoms with Gasteiger partial charge in [-0.2, -0.15) is 0 Å². The van der Waals surface area contributed by atoms with Gasteiger partial charge in [-0.25, -0.2) is 4.79 Å².